The van der Waals surface area contributed by atoms with Crippen molar-refractivity contribution >= 4 is 5.78 Å². The second-order valence-corrected chi connectivity index (χ2v) is 5.84. The number of piperazine rings is 1. The third kappa shape index (κ3) is 2.72. The molecule has 102 valence electrons. The van der Waals surface area contributed by atoms with E-state index in [1.165, 1.54) is 18.4 Å². The van der Waals surface area contributed by atoms with Gasteiger partial charge >= 0.3 is 0 Å². The van der Waals surface area contributed by atoms with E-state index in [1.807, 2.05) is 0 Å². The Morgan fingerprint density at radius 1 is 1.26 bits per heavy atom. The minimum absolute atomic E-state index is 0.116. The third-order valence-corrected chi connectivity index (χ3v) is 4.44. The summed E-state index contributed by atoms with van der Waals surface area (Å²) in [6.45, 7) is 5.81. The van der Waals surface area contributed by atoms with Crippen LogP contribution in [0, 0.1) is 0 Å². The van der Waals surface area contributed by atoms with Crippen LogP contribution in [0.15, 0.2) is 30.3 Å². The van der Waals surface area contributed by atoms with E-state index >= 15 is 0 Å². The molecule has 0 aliphatic carbocycles. The van der Waals surface area contributed by atoms with Crippen LogP contribution < -0.4 is 0 Å². The predicted octanol–water partition coefficient (Wildman–Crippen LogP) is 1.92. The van der Waals surface area contributed by atoms with E-state index in [1.54, 1.807) is 6.92 Å². The Labute approximate surface area is 115 Å². The third-order valence-electron chi connectivity index (χ3n) is 4.44. The average molecular weight is 258 g/mol. The van der Waals surface area contributed by atoms with Crippen molar-refractivity contribution in [3.8, 4) is 0 Å². The molecule has 2 aliphatic heterocycles. The molecule has 0 saturated carbocycles. The quantitative estimate of drug-likeness (QED) is 0.827. The Morgan fingerprint density at radius 2 is 2.05 bits per heavy atom. The van der Waals surface area contributed by atoms with Crippen LogP contribution in [0.4, 0.5) is 0 Å². The molecule has 1 aromatic rings. The van der Waals surface area contributed by atoms with Gasteiger partial charge in [-0.05, 0) is 31.9 Å². The number of rotatable bonds is 3. The van der Waals surface area contributed by atoms with Crippen LogP contribution in [0.5, 0.6) is 0 Å². The summed E-state index contributed by atoms with van der Waals surface area (Å²) in [6, 6.07) is 11.3. The molecular weight excluding hydrogens is 236 g/mol. The minimum atomic E-state index is 0.116. The molecule has 2 heterocycles. The lowest BCUT2D eigenvalue weighted by atomic mass is 10.0. The molecule has 1 aromatic carbocycles. The van der Waals surface area contributed by atoms with E-state index in [4.69, 9.17) is 0 Å². The highest BCUT2D eigenvalue weighted by molar-refractivity contribution is 5.82. The molecule has 2 atom stereocenters. The number of carbonyl (C=O) groups excluding carboxylic acids is 1. The summed E-state index contributed by atoms with van der Waals surface area (Å²) >= 11 is 0. The standard InChI is InChI=1S/C16H22N2O/c1-13(19)16-12-17(10-14-6-3-2-4-7-14)11-15-8-5-9-18(15)16/h2-4,6-7,15-16H,5,8-12H2,1H3. The lowest BCUT2D eigenvalue weighted by Crippen LogP contribution is -2.58. The average Bonchev–Trinajstić information content (AvgIpc) is 2.87. The fourth-order valence-electron chi connectivity index (χ4n) is 3.52. The fraction of sp³-hybridized carbons (Fsp3) is 0.562. The Balaban J connectivity index is 1.71. The molecule has 3 rings (SSSR count). The Hall–Kier alpha value is -1.19. The van der Waals surface area contributed by atoms with Crippen molar-refractivity contribution in [1.82, 2.24) is 9.80 Å². The van der Waals surface area contributed by atoms with Gasteiger partial charge in [0.15, 0.2) is 0 Å². The molecule has 0 spiro atoms. The van der Waals surface area contributed by atoms with Crippen LogP contribution in [0.25, 0.3) is 0 Å². The molecule has 19 heavy (non-hydrogen) atoms. The van der Waals surface area contributed by atoms with E-state index < -0.39 is 0 Å². The molecule has 0 bridgehead atoms. The van der Waals surface area contributed by atoms with E-state index in [0.717, 1.165) is 26.2 Å². The van der Waals surface area contributed by atoms with Gasteiger partial charge in [0.25, 0.3) is 0 Å². The monoisotopic (exact) mass is 258 g/mol. The minimum Gasteiger partial charge on any atom is -0.298 e. The van der Waals surface area contributed by atoms with E-state index in [9.17, 15) is 4.79 Å². The second-order valence-electron chi connectivity index (χ2n) is 5.84. The van der Waals surface area contributed by atoms with Gasteiger partial charge in [0.05, 0.1) is 6.04 Å². The summed E-state index contributed by atoms with van der Waals surface area (Å²) in [5, 5.41) is 0. The van der Waals surface area contributed by atoms with E-state index in [-0.39, 0.29) is 6.04 Å². The summed E-state index contributed by atoms with van der Waals surface area (Å²) in [4.78, 5) is 16.8. The first-order chi connectivity index (χ1) is 9.24. The molecular formula is C16H22N2O. The van der Waals surface area contributed by atoms with Crippen molar-refractivity contribution < 1.29 is 4.79 Å². The fourth-order valence-corrected chi connectivity index (χ4v) is 3.52. The number of carbonyl (C=O) groups is 1. The molecule has 3 nitrogen and oxygen atoms in total. The summed E-state index contributed by atoms with van der Waals surface area (Å²) < 4.78 is 0. The Morgan fingerprint density at radius 3 is 2.79 bits per heavy atom. The van der Waals surface area contributed by atoms with Crippen LogP contribution >= 0.6 is 0 Å². The highest BCUT2D eigenvalue weighted by atomic mass is 16.1. The number of benzene rings is 1. The maximum absolute atomic E-state index is 11.9. The largest absolute Gasteiger partial charge is 0.298 e. The van der Waals surface area contributed by atoms with E-state index in [0.29, 0.717) is 11.8 Å². The molecule has 0 aromatic heterocycles. The molecule has 3 heteroatoms. The van der Waals surface area contributed by atoms with Gasteiger partial charge in [0.2, 0.25) is 0 Å². The highest BCUT2D eigenvalue weighted by Crippen LogP contribution is 2.27. The van der Waals surface area contributed by atoms with Crippen molar-refractivity contribution in [2.24, 2.45) is 0 Å². The summed E-state index contributed by atoms with van der Waals surface area (Å²) in [5.41, 5.74) is 1.34. The van der Waals surface area contributed by atoms with Gasteiger partial charge in [0.1, 0.15) is 5.78 Å². The van der Waals surface area contributed by atoms with Crippen molar-refractivity contribution in [3.05, 3.63) is 35.9 Å². The van der Waals surface area contributed by atoms with E-state index in [2.05, 4.69) is 40.1 Å². The zero-order chi connectivity index (χ0) is 13.2. The SMILES string of the molecule is CC(=O)C1CN(Cc2ccccc2)CC2CCCN21. The zero-order valence-electron chi connectivity index (χ0n) is 11.6. The van der Waals surface area contributed by atoms with Crippen molar-refractivity contribution in [2.45, 2.75) is 38.4 Å². The maximum Gasteiger partial charge on any atom is 0.148 e. The molecule has 2 saturated heterocycles. The molecule has 2 aliphatic rings. The molecule has 0 radical (unpaired) electrons. The lowest BCUT2D eigenvalue weighted by molar-refractivity contribution is -0.125. The van der Waals surface area contributed by atoms with Crippen molar-refractivity contribution in [3.63, 3.8) is 0 Å². The van der Waals surface area contributed by atoms with Gasteiger partial charge in [-0.2, -0.15) is 0 Å². The summed E-state index contributed by atoms with van der Waals surface area (Å²) in [6.07, 6.45) is 2.49. The number of hydrogen-bond donors (Lipinski definition) is 0. The van der Waals surface area contributed by atoms with Crippen LogP contribution in [-0.4, -0.2) is 47.3 Å². The summed E-state index contributed by atoms with van der Waals surface area (Å²) in [5.74, 6) is 0.324. The first-order valence-corrected chi connectivity index (χ1v) is 7.26. The van der Waals surface area contributed by atoms with Gasteiger partial charge in [-0.15, -0.1) is 0 Å². The van der Waals surface area contributed by atoms with Crippen molar-refractivity contribution in [1.29, 1.82) is 0 Å². The number of Topliss-reactive ketones (excluding diaryl/α,β-unsaturated/α-hetero) is 1. The molecule has 0 N–H and O–H groups in total. The topological polar surface area (TPSA) is 23.6 Å². The van der Waals surface area contributed by atoms with Gasteiger partial charge in [-0.3, -0.25) is 14.6 Å². The van der Waals surface area contributed by atoms with Crippen LogP contribution in [-0.2, 0) is 11.3 Å². The molecule has 2 fully saturated rings. The number of nitrogens with zero attached hydrogens (tertiary/aromatic N) is 2. The first-order valence-electron chi connectivity index (χ1n) is 7.26. The number of ketones is 1. The van der Waals surface area contributed by atoms with Crippen LogP contribution in [0.2, 0.25) is 0 Å². The van der Waals surface area contributed by atoms with Crippen LogP contribution in [0.3, 0.4) is 0 Å². The van der Waals surface area contributed by atoms with Crippen molar-refractivity contribution in [2.75, 3.05) is 19.6 Å². The molecule has 0 amide bonds. The Bertz CT molecular complexity index is 445. The summed E-state index contributed by atoms with van der Waals surface area (Å²) in [7, 11) is 0. The second kappa shape index (κ2) is 5.43. The van der Waals surface area contributed by atoms with Crippen LogP contribution in [0.1, 0.15) is 25.3 Å². The van der Waals surface area contributed by atoms with Gasteiger partial charge < -0.3 is 0 Å². The van der Waals surface area contributed by atoms with Gasteiger partial charge in [0, 0.05) is 25.7 Å². The smallest absolute Gasteiger partial charge is 0.148 e. The zero-order valence-corrected chi connectivity index (χ0v) is 11.6. The normalized spacial score (nSPS) is 28.3. The lowest BCUT2D eigenvalue weighted by Gasteiger charge is -2.42. The first kappa shape index (κ1) is 12.8. The number of fused-ring (bicyclic) bond motifs is 1. The predicted molar refractivity (Wildman–Crippen MR) is 75.9 cm³/mol. The van der Waals surface area contributed by atoms with Gasteiger partial charge in [-0.25, -0.2) is 0 Å². The van der Waals surface area contributed by atoms with Gasteiger partial charge in [-0.1, -0.05) is 30.3 Å². The molecule has 2 unspecified atom stereocenters. The number of hydrogen-bond acceptors (Lipinski definition) is 3. The highest BCUT2D eigenvalue weighted by Gasteiger charge is 2.39. The maximum atomic E-state index is 11.9. The Kier molecular flexibility index (Phi) is 3.67.